The fraction of sp³-hybridized carbons (Fsp3) is 0.417. The van der Waals surface area contributed by atoms with Gasteiger partial charge in [-0.05, 0) is 55.2 Å². The highest BCUT2D eigenvalue weighted by molar-refractivity contribution is 6.03. The number of aryl methyl sites for hydroxylation is 2. The van der Waals surface area contributed by atoms with Crippen LogP contribution in [0.5, 0.6) is 0 Å². The van der Waals surface area contributed by atoms with Crippen molar-refractivity contribution >= 4 is 16.7 Å². The van der Waals surface area contributed by atoms with Gasteiger partial charge in [-0.15, -0.1) is 0 Å². The summed E-state index contributed by atoms with van der Waals surface area (Å²) in [5.74, 6) is 2.02. The molecule has 0 unspecified atom stereocenters. The van der Waals surface area contributed by atoms with Crippen molar-refractivity contribution in [3.63, 3.8) is 0 Å². The van der Waals surface area contributed by atoms with Crippen molar-refractivity contribution in [2.45, 2.75) is 38.9 Å². The Kier molecular flexibility index (Phi) is 3.66. The first-order chi connectivity index (χ1) is 14.1. The number of carbonyl (C=O) groups is 1. The molecule has 5 nitrogen and oxygen atoms in total. The molecule has 0 N–H and O–H groups in total. The van der Waals surface area contributed by atoms with Gasteiger partial charge in [0.05, 0.1) is 17.9 Å². The number of rotatable bonds is 2. The highest BCUT2D eigenvalue weighted by atomic mass is 16.5. The first-order valence-electron chi connectivity index (χ1n) is 10.5. The summed E-state index contributed by atoms with van der Waals surface area (Å²) in [5, 5.41) is 6.28. The zero-order chi connectivity index (χ0) is 19.7. The van der Waals surface area contributed by atoms with Crippen LogP contribution in [0.4, 0.5) is 0 Å². The first-order valence-corrected chi connectivity index (χ1v) is 10.5. The molecule has 1 amide bonds. The number of aromatic nitrogens is 1. The van der Waals surface area contributed by atoms with Crippen molar-refractivity contribution in [3.8, 4) is 11.1 Å². The predicted octanol–water partition coefficient (Wildman–Crippen LogP) is 4.36. The minimum Gasteiger partial charge on any atom is -0.374 e. The van der Waals surface area contributed by atoms with E-state index in [-0.39, 0.29) is 5.91 Å². The van der Waals surface area contributed by atoms with Crippen LogP contribution in [-0.2, 0) is 4.74 Å². The molecule has 4 atom stereocenters. The van der Waals surface area contributed by atoms with Crippen LogP contribution >= 0.6 is 0 Å². The topological polar surface area (TPSA) is 55.6 Å². The van der Waals surface area contributed by atoms with Crippen LogP contribution < -0.4 is 0 Å². The summed E-state index contributed by atoms with van der Waals surface area (Å²) >= 11 is 0. The molecule has 3 saturated heterocycles. The van der Waals surface area contributed by atoms with Crippen molar-refractivity contribution in [1.82, 2.24) is 10.1 Å². The van der Waals surface area contributed by atoms with E-state index in [4.69, 9.17) is 9.26 Å². The van der Waals surface area contributed by atoms with Gasteiger partial charge >= 0.3 is 0 Å². The second kappa shape index (κ2) is 6.17. The molecule has 1 aromatic heterocycles. The smallest absolute Gasteiger partial charge is 0.253 e. The Balaban J connectivity index is 1.33. The fourth-order valence-corrected chi connectivity index (χ4v) is 5.81. The number of hydrogen-bond acceptors (Lipinski definition) is 4. The van der Waals surface area contributed by atoms with E-state index in [2.05, 4.69) is 23.4 Å². The lowest BCUT2D eigenvalue weighted by atomic mass is 9.82. The summed E-state index contributed by atoms with van der Waals surface area (Å²) < 4.78 is 11.4. The number of benzene rings is 2. The van der Waals surface area contributed by atoms with Gasteiger partial charge < -0.3 is 14.2 Å². The second-order valence-electron chi connectivity index (χ2n) is 8.77. The maximum atomic E-state index is 13.2. The number of ether oxygens (including phenoxy) is 1. The number of amides is 1. The molecular formula is C24H24N2O3. The highest BCUT2D eigenvalue weighted by Gasteiger charge is 2.53. The largest absolute Gasteiger partial charge is 0.374 e. The van der Waals surface area contributed by atoms with E-state index in [0.717, 1.165) is 64.8 Å². The minimum absolute atomic E-state index is 0.142. The molecule has 4 heterocycles. The molecule has 2 aromatic carbocycles. The van der Waals surface area contributed by atoms with Crippen LogP contribution in [0.15, 0.2) is 40.9 Å². The summed E-state index contributed by atoms with van der Waals surface area (Å²) in [7, 11) is 0. The molecule has 6 rings (SSSR count). The van der Waals surface area contributed by atoms with Crippen LogP contribution in [0.25, 0.3) is 21.9 Å². The Hall–Kier alpha value is -2.66. The van der Waals surface area contributed by atoms with Gasteiger partial charge in [0.15, 0.2) is 0 Å². The number of hydrogen-bond donors (Lipinski definition) is 0. The van der Waals surface area contributed by atoms with Gasteiger partial charge in [0.2, 0.25) is 0 Å². The van der Waals surface area contributed by atoms with Crippen LogP contribution in [0.2, 0.25) is 0 Å². The quantitative estimate of drug-likeness (QED) is 0.654. The number of likely N-dealkylation sites (tertiary alicyclic amines) is 1. The average Bonchev–Trinajstić information content (AvgIpc) is 3.49. The van der Waals surface area contributed by atoms with Crippen molar-refractivity contribution in [2.24, 2.45) is 11.8 Å². The van der Waals surface area contributed by atoms with Gasteiger partial charge in [-0.25, -0.2) is 0 Å². The average molecular weight is 388 g/mol. The van der Waals surface area contributed by atoms with Gasteiger partial charge in [0.1, 0.15) is 5.76 Å². The van der Waals surface area contributed by atoms with Crippen LogP contribution in [-0.4, -0.2) is 41.3 Å². The summed E-state index contributed by atoms with van der Waals surface area (Å²) in [4.78, 5) is 15.3. The Morgan fingerprint density at radius 2 is 1.83 bits per heavy atom. The van der Waals surface area contributed by atoms with E-state index in [1.165, 1.54) is 0 Å². The Bertz CT molecular complexity index is 1100. The molecule has 3 aliphatic rings. The van der Waals surface area contributed by atoms with Gasteiger partial charge in [0.25, 0.3) is 5.91 Å². The maximum Gasteiger partial charge on any atom is 0.253 e. The van der Waals surface area contributed by atoms with Crippen LogP contribution in [0.1, 0.15) is 34.7 Å². The van der Waals surface area contributed by atoms with Gasteiger partial charge in [-0.2, -0.15) is 0 Å². The van der Waals surface area contributed by atoms with E-state index < -0.39 is 0 Å². The molecule has 0 aliphatic carbocycles. The van der Waals surface area contributed by atoms with Gasteiger partial charge in [-0.3, -0.25) is 4.79 Å². The molecule has 3 fully saturated rings. The number of carbonyl (C=O) groups excluding carboxylic acids is 1. The first kappa shape index (κ1) is 17.2. The van der Waals surface area contributed by atoms with E-state index in [1.807, 2.05) is 36.9 Å². The van der Waals surface area contributed by atoms with Gasteiger partial charge in [-0.1, -0.05) is 29.4 Å². The normalized spacial score (nSPS) is 27.7. The third-order valence-corrected chi connectivity index (χ3v) is 7.17. The van der Waals surface area contributed by atoms with E-state index >= 15 is 0 Å². The molecular weight excluding hydrogens is 364 g/mol. The Labute approximate surface area is 169 Å². The standard InChI is InChI=1S/C24H24N2O3/c1-13-23(14(2)29-25-13)18-5-3-4-15-10-16(6-7-17(15)18)24(27)26-11-19-20(12-26)22-9-8-21(19)28-22/h3-7,10,19-22H,8-9,11-12H2,1-2H3/t19-,20+,21+,22-. The second-order valence-corrected chi connectivity index (χ2v) is 8.77. The monoisotopic (exact) mass is 388 g/mol. The molecule has 3 aromatic rings. The zero-order valence-electron chi connectivity index (χ0n) is 16.7. The van der Waals surface area contributed by atoms with Gasteiger partial charge in [0, 0.05) is 36.1 Å². The van der Waals surface area contributed by atoms with Crippen molar-refractivity contribution in [2.75, 3.05) is 13.1 Å². The maximum absolute atomic E-state index is 13.2. The minimum atomic E-state index is 0.142. The third kappa shape index (κ3) is 2.50. The molecule has 0 spiro atoms. The van der Waals surface area contributed by atoms with E-state index in [9.17, 15) is 4.79 Å². The van der Waals surface area contributed by atoms with Crippen molar-refractivity contribution < 1.29 is 14.1 Å². The molecule has 29 heavy (non-hydrogen) atoms. The van der Waals surface area contributed by atoms with Crippen molar-refractivity contribution in [3.05, 3.63) is 53.4 Å². The highest BCUT2D eigenvalue weighted by Crippen LogP contribution is 2.47. The molecule has 3 aliphatic heterocycles. The Morgan fingerprint density at radius 3 is 2.52 bits per heavy atom. The van der Waals surface area contributed by atoms with Crippen LogP contribution in [0, 0.1) is 25.7 Å². The molecule has 2 bridgehead atoms. The summed E-state index contributed by atoms with van der Waals surface area (Å²) in [5.41, 5.74) is 3.79. The number of fused-ring (bicyclic) bond motifs is 6. The SMILES string of the molecule is Cc1noc(C)c1-c1cccc2cc(C(=O)N3C[C@@H]4[C@H](C3)[C@H]3CC[C@@H]4O3)ccc12. The van der Waals surface area contributed by atoms with Crippen molar-refractivity contribution in [1.29, 1.82) is 0 Å². The zero-order valence-corrected chi connectivity index (χ0v) is 16.7. The molecule has 148 valence electrons. The predicted molar refractivity (Wildman–Crippen MR) is 110 cm³/mol. The van der Waals surface area contributed by atoms with E-state index in [0.29, 0.717) is 24.0 Å². The fourth-order valence-electron chi connectivity index (χ4n) is 5.81. The number of nitrogens with zero attached hydrogens (tertiary/aromatic N) is 2. The summed E-state index contributed by atoms with van der Waals surface area (Å²) in [6.45, 7) is 5.57. The summed E-state index contributed by atoms with van der Waals surface area (Å²) in [6, 6.07) is 12.2. The third-order valence-electron chi connectivity index (χ3n) is 7.17. The Morgan fingerprint density at radius 1 is 1.07 bits per heavy atom. The molecule has 5 heteroatoms. The lowest BCUT2D eigenvalue weighted by Crippen LogP contribution is -2.31. The molecule has 0 saturated carbocycles. The lowest BCUT2D eigenvalue weighted by molar-refractivity contribution is 0.0594. The van der Waals surface area contributed by atoms with E-state index in [1.54, 1.807) is 0 Å². The molecule has 0 radical (unpaired) electrons. The lowest BCUT2D eigenvalue weighted by Gasteiger charge is -2.19. The summed E-state index contributed by atoms with van der Waals surface area (Å²) in [6.07, 6.45) is 3.07. The van der Waals surface area contributed by atoms with Crippen LogP contribution in [0.3, 0.4) is 0 Å².